The molecule has 49 heavy (non-hydrogen) atoms. The fourth-order valence-electron chi connectivity index (χ4n) is 6.85. The monoisotopic (exact) mass is 795 g/mol. The molecule has 248 valence electrons. The molecular weight excluding hydrogens is 756 g/mol. The summed E-state index contributed by atoms with van der Waals surface area (Å²) in [6.07, 6.45) is 11.2. The van der Waals surface area contributed by atoms with Crippen LogP contribution in [0.4, 0.5) is 0 Å². The normalized spacial score (nSPS) is 11.7. The van der Waals surface area contributed by atoms with E-state index in [-0.39, 0.29) is 7.43 Å². The maximum Gasteiger partial charge on any atom is -0.358 e. The first kappa shape index (κ1) is 34.7. The fourth-order valence-corrected chi connectivity index (χ4v) is 7.39. The van der Waals surface area contributed by atoms with Gasteiger partial charge in [-0.3, -0.25) is 0 Å². The van der Waals surface area contributed by atoms with Gasteiger partial charge in [0.1, 0.15) is 7.05 Å². The van der Waals surface area contributed by atoms with Crippen LogP contribution in [-0.2, 0) is 35.5 Å². The van der Waals surface area contributed by atoms with E-state index in [4.69, 9.17) is 21.6 Å². The van der Waals surface area contributed by atoms with Crippen molar-refractivity contribution in [3.63, 3.8) is 0 Å². The molecule has 0 aliphatic rings. The Hall–Kier alpha value is -4.19. The van der Waals surface area contributed by atoms with Gasteiger partial charge in [0.25, 0.3) is 0 Å². The Balaban J connectivity index is 0.00000417. The minimum Gasteiger partial charge on any atom is -0.358 e. The van der Waals surface area contributed by atoms with Gasteiger partial charge in [-0.05, 0) is 41.0 Å². The fraction of sp³-hybridized carbons (Fsp3) is 0.136. The number of allylic oxidation sites excluding steroid dienone is 3. The smallest absolute Gasteiger partial charge is 0.358 e. The Morgan fingerprint density at radius 3 is 2.14 bits per heavy atom. The Bertz CT molecular complexity index is 2360. The van der Waals surface area contributed by atoms with E-state index < -0.39 is 0 Å². The van der Waals surface area contributed by atoms with Crippen LogP contribution in [0.1, 0.15) is 30.9 Å². The third-order valence-electron chi connectivity index (χ3n) is 9.33. The molecule has 0 spiro atoms. The van der Waals surface area contributed by atoms with Crippen LogP contribution in [0, 0.1) is 17.6 Å². The Morgan fingerprint density at radius 2 is 1.47 bits per heavy atom. The van der Waals surface area contributed by atoms with Crippen molar-refractivity contribution in [2.75, 3.05) is 0 Å². The molecule has 5 aromatic carbocycles. The standard InChI is InChI=1S/C43H37IN3.CH3.Ni/c1-6-9-10-29-11-13-32(14-12-29)43-46(5)41-37-21-16-34(31-23-25-45(4)26-24-31)28-39(37)40-27-33(30(7-2)8-3)15-22-38(40)42(41)47(43)36-19-17-35(44)18-20-36;;/h2-3,7-8,11-28H,6,9-10H2,1,4-5H3;1H3;/q+1;-1;/b30-7+;;. The van der Waals surface area contributed by atoms with Gasteiger partial charge in [-0.1, -0.05) is 25.5 Å². The van der Waals surface area contributed by atoms with Crippen LogP contribution in [0.5, 0.6) is 0 Å². The van der Waals surface area contributed by atoms with E-state index in [0.29, 0.717) is 0 Å². The number of hydrogen-bond donors (Lipinski definition) is 0. The molecule has 0 fully saturated rings. The van der Waals surface area contributed by atoms with Crippen LogP contribution < -0.4 is 9.13 Å². The molecule has 7 rings (SSSR count). The Kier molecular flexibility index (Phi) is 10.4. The molecule has 0 bridgehead atoms. The third-order valence-corrected chi connectivity index (χ3v) is 10.2. The van der Waals surface area contributed by atoms with Crippen molar-refractivity contribution < 1.29 is 24.2 Å². The minimum absolute atomic E-state index is 0. The largest absolute Gasteiger partial charge is 0.358 e. The molecule has 0 amide bonds. The van der Waals surface area contributed by atoms with E-state index in [2.05, 4.69) is 160 Å². The predicted molar refractivity (Wildman–Crippen MR) is 212 cm³/mol. The zero-order chi connectivity index (χ0) is 33.4. The van der Waals surface area contributed by atoms with Gasteiger partial charge in [0, 0.05) is 3.57 Å². The Morgan fingerprint density at radius 1 is 0.796 bits per heavy atom. The molecule has 5 heteroatoms. The topological polar surface area (TPSA) is 12.7 Å². The van der Waals surface area contributed by atoms with Crippen molar-refractivity contribution in [2.45, 2.75) is 26.2 Å². The first-order valence-corrected chi connectivity index (χ1v) is 18.0. The second-order valence-electron chi connectivity index (χ2n) is 12.4. The van der Waals surface area contributed by atoms with E-state index >= 15 is 0 Å². The number of rotatable bonds is 9. The summed E-state index contributed by atoms with van der Waals surface area (Å²) in [6.45, 7) is 8.37. The molecule has 0 radical (unpaired) electrons. The van der Waals surface area contributed by atoms with Crippen LogP contribution in [0.15, 0.2) is 122 Å². The van der Waals surface area contributed by atoms with Gasteiger partial charge in [-0.25, -0.2) is 4.57 Å². The van der Waals surface area contributed by atoms with Crippen molar-refractivity contribution in [3.8, 4) is 28.2 Å². The summed E-state index contributed by atoms with van der Waals surface area (Å²) < 4.78 is 8.11. The van der Waals surface area contributed by atoms with E-state index in [1.807, 2.05) is 13.1 Å². The number of unbranched alkanes of at least 4 members (excludes halogenated alkanes) is 1. The van der Waals surface area contributed by atoms with Crippen molar-refractivity contribution >= 4 is 65.7 Å². The van der Waals surface area contributed by atoms with Gasteiger partial charge < -0.3 is 7.43 Å². The van der Waals surface area contributed by atoms with Crippen molar-refractivity contribution in [3.05, 3.63) is 150 Å². The van der Waals surface area contributed by atoms with E-state index in [1.54, 1.807) is 11.1 Å². The van der Waals surface area contributed by atoms with Gasteiger partial charge in [0.2, 0.25) is 0 Å². The summed E-state index contributed by atoms with van der Waals surface area (Å²) in [6, 6.07) is 36.0. The van der Waals surface area contributed by atoms with Crippen LogP contribution in [0.3, 0.4) is 0 Å². The maximum atomic E-state index is 6.12. The molecule has 2 aromatic heterocycles. The van der Waals surface area contributed by atoms with Gasteiger partial charge >= 0.3 is 224 Å². The molecule has 0 unspecified atom stereocenters. The number of hydrogen-bond acceptors (Lipinski definition) is 0. The molecule has 7 aromatic rings. The molecule has 0 saturated heterocycles. The second-order valence-corrected chi connectivity index (χ2v) is 13.9. The average molecular weight is 796 g/mol. The molecule has 0 atom stereocenters. The number of fused-ring (bicyclic) bond motifs is 6. The maximum absolute atomic E-state index is 6.12. The van der Waals surface area contributed by atoms with Gasteiger partial charge in [-0.15, -0.1) is 0 Å². The van der Waals surface area contributed by atoms with Crippen LogP contribution in [0.2, 0.25) is 0 Å². The average Bonchev–Trinajstić information content (AvgIpc) is 3.43. The van der Waals surface area contributed by atoms with Crippen molar-refractivity contribution in [1.29, 1.82) is 0 Å². The molecule has 2 heterocycles. The third kappa shape index (κ3) is 6.47. The molecule has 3 nitrogen and oxygen atoms in total. The molecular formula is C44H40IN3Ni. The quantitative estimate of drug-likeness (QED) is 0.0345. The first-order valence-electron chi connectivity index (χ1n) is 16.3. The molecule has 0 N–H and O–H groups in total. The molecule has 0 aliphatic carbocycles. The minimum atomic E-state index is 0. The number of imidazole rings is 1. The number of pyridine rings is 1. The summed E-state index contributed by atoms with van der Waals surface area (Å²) in [5.41, 5.74) is 10.4. The summed E-state index contributed by atoms with van der Waals surface area (Å²) >= 11 is 7.27. The van der Waals surface area contributed by atoms with Gasteiger partial charge in [-0.2, -0.15) is 0 Å². The first-order chi connectivity index (χ1) is 23.4. The number of nitrogens with zero attached hydrogens (tertiary/aromatic N) is 3. The number of aromatic nitrogens is 3. The Labute approximate surface area is 311 Å². The van der Waals surface area contributed by atoms with Crippen LogP contribution in [-0.4, -0.2) is 9.56 Å². The SMILES string of the molecule is [CH-]=C/C(=C\[CH]=[Ni])c1ccc2c(c1)c1cc(-c3cc[n+](C)cc3)ccc1c1c2n(-c2ccc(I)cc2)c(-c2ccc(CCCC)cc2)[n+]1C.[CH3-]. The van der Waals surface area contributed by atoms with Gasteiger partial charge in [0.15, 0.2) is 0 Å². The van der Waals surface area contributed by atoms with E-state index in [1.165, 1.54) is 71.2 Å². The summed E-state index contributed by atoms with van der Waals surface area (Å²) in [5, 5.41) is 4.75. The second kappa shape index (κ2) is 14.7. The predicted octanol–water partition coefficient (Wildman–Crippen LogP) is 10.0. The number of halogens is 1. The summed E-state index contributed by atoms with van der Waals surface area (Å²) in [4.78, 5) is 1.67. The summed E-state index contributed by atoms with van der Waals surface area (Å²) in [5.74, 6) is 1.14. The van der Waals surface area contributed by atoms with E-state index in [9.17, 15) is 0 Å². The van der Waals surface area contributed by atoms with Crippen LogP contribution in [0.25, 0.3) is 66.4 Å². The van der Waals surface area contributed by atoms with Gasteiger partial charge in [0.05, 0.1) is 0 Å². The van der Waals surface area contributed by atoms with Crippen molar-refractivity contribution in [1.82, 2.24) is 4.57 Å². The number of benzene rings is 5. The van der Waals surface area contributed by atoms with E-state index in [0.717, 1.165) is 29.1 Å². The molecule has 0 saturated carbocycles. The van der Waals surface area contributed by atoms with Crippen LogP contribution >= 0.6 is 22.6 Å². The number of aryl methyl sites for hydroxylation is 3. The zero-order valence-electron chi connectivity index (χ0n) is 28.4. The van der Waals surface area contributed by atoms with Crippen molar-refractivity contribution in [2.24, 2.45) is 14.1 Å². The zero-order valence-corrected chi connectivity index (χ0v) is 31.5. The molecule has 0 aliphatic heterocycles. The summed E-state index contributed by atoms with van der Waals surface area (Å²) in [7, 11) is 4.26.